The lowest BCUT2D eigenvalue weighted by atomic mass is 10.0. The summed E-state index contributed by atoms with van der Waals surface area (Å²) in [6.45, 7) is 1.92. The number of carbonyl (C=O) groups is 1. The summed E-state index contributed by atoms with van der Waals surface area (Å²) in [5, 5.41) is 11.6. The number of primary amides is 1. The molecule has 2 aromatic carbocycles. The standard InChI is InChI=1S/C20H21N3O5/c21-20(24)14-4-6-16(17(11-14)23(25)26)22-8-1-3-15(22)13-5-7-18-19(12-13)28-10-2-9-27-18/h4-7,11-12,15H,1-3,8-10H2,(H2,21,24)/t15-/m0/s1. The Kier molecular flexibility index (Phi) is 4.77. The number of carbonyl (C=O) groups excluding carboxylic acids is 1. The summed E-state index contributed by atoms with van der Waals surface area (Å²) in [7, 11) is 0. The van der Waals surface area contributed by atoms with Crippen LogP contribution in [0.5, 0.6) is 11.5 Å². The lowest BCUT2D eigenvalue weighted by molar-refractivity contribution is -0.384. The molecule has 0 aromatic heterocycles. The fourth-order valence-electron chi connectivity index (χ4n) is 3.85. The molecule has 28 heavy (non-hydrogen) atoms. The summed E-state index contributed by atoms with van der Waals surface area (Å²) in [5.74, 6) is 0.749. The van der Waals surface area contributed by atoms with Crippen LogP contribution in [-0.4, -0.2) is 30.6 Å². The van der Waals surface area contributed by atoms with Crippen LogP contribution in [0, 0.1) is 10.1 Å². The van der Waals surface area contributed by atoms with E-state index in [0.717, 1.165) is 30.6 Å². The molecule has 8 heteroatoms. The minimum atomic E-state index is -0.685. The maximum Gasteiger partial charge on any atom is 0.293 e. The Morgan fingerprint density at radius 2 is 1.89 bits per heavy atom. The van der Waals surface area contributed by atoms with Crippen molar-refractivity contribution in [3.05, 3.63) is 57.6 Å². The number of nitro groups is 1. The summed E-state index contributed by atoms with van der Waals surface area (Å²) in [6, 6.07) is 10.2. The Morgan fingerprint density at radius 1 is 1.11 bits per heavy atom. The van der Waals surface area contributed by atoms with Gasteiger partial charge >= 0.3 is 0 Å². The van der Waals surface area contributed by atoms with Crippen LogP contribution in [-0.2, 0) is 0 Å². The average molecular weight is 383 g/mol. The van der Waals surface area contributed by atoms with Gasteiger partial charge in [0.25, 0.3) is 5.69 Å². The van der Waals surface area contributed by atoms with E-state index in [1.54, 1.807) is 6.07 Å². The molecule has 0 bridgehead atoms. The molecule has 1 amide bonds. The SMILES string of the molecule is NC(=O)c1ccc(N2CCC[C@H]2c2ccc3c(c2)OCCCO3)c([N+](=O)[O-])c1. The van der Waals surface area contributed by atoms with E-state index in [-0.39, 0.29) is 17.3 Å². The van der Waals surface area contributed by atoms with Crippen molar-refractivity contribution in [1.29, 1.82) is 0 Å². The smallest absolute Gasteiger partial charge is 0.293 e. The van der Waals surface area contributed by atoms with Crippen LogP contribution in [0.25, 0.3) is 0 Å². The lowest BCUT2D eigenvalue weighted by Crippen LogP contribution is -2.24. The first-order valence-corrected chi connectivity index (χ1v) is 9.29. The molecular weight excluding hydrogens is 362 g/mol. The van der Waals surface area contributed by atoms with Crippen molar-refractivity contribution >= 4 is 17.3 Å². The van der Waals surface area contributed by atoms with Crippen molar-refractivity contribution in [3.63, 3.8) is 0 Å². The third kappa shape index (κ3) is 3.33. The van der Waals surface area contributed by atoms with Crippen molar-refractivity contribution in [2.75, 3.05) is 24.7 Å². The molecule has 4 rings (SSSR count). The summed E-state index contributed by atoms with van der Waals surface area (Å²) in [6.07, 6.45) is 2.61. The van der Waals surface area contributed by atoms with Gasteiger partial charge in [-0.05, 0) is 42.7 Å². The molecule has 146 valence electrons. The molecule has 0 aliphatic carbocycles. The molecule has 2 aromatic rings. The Balaban J connectivity index is 1.70. The van der Waals surface area contributed by atoms with Gasteiger partial charge in [0, 0.05) is 24.6 Å². The van der Waals surface area contributed by atoms with Gasteiger partial charge < -0.3 is 20.1 Å². The number of nitrogens with zero attached hydrogens (tertiary/aromatic N) is 2. The minimum Gasteiger partial charge on any atom is -0.490 e. The summed E-state index contributed by atoms with van der Waals surface area (Å²) in [4.78, 5) is 24.6. The number of benzene rings is 2. The predicted octanol–water partition coefficient (Wildman–Crippen LogP) is 3.20. The number of anilines is 1. The normalized spacial score (nSPS) is 18.6. The van der Waals surface area contributed by atoms with Gasteiger partial charge in [-0.2, -0.15) is 0 Å². The van der Waals surface area contributed by atoms with E-state index in [1.807, 2.05) is 23.1 Å². The number of amides is 1. The highest BCUT2D eigenvalue weighted by Gasteiger charge is 2.32. The number of hydrogen-bond acceptors (Lipinski definition) is 6. The second kappa shape index (κ2) is 7.38. The Labute approximate surface area is 162 Å². The van der Waals surface area contributed by atoms with Gasteiger partial charge in [-0.25, -0.2) is 0 Å². The molecule has 2 aliphatic heterocycles. The number of fused-ring (bicyclic) bond motifs is 1. The summed E-state index contributed by atoms with van der Waals surface area (Å²) < 4.78 is 11.5. The van der Waals surface area contributed by atoms with E-state index in [2.05, 4.69) is 0 Å². The molecule has 0 saturated carbocycles. The van der Waals surface area contributed by atoms with Crippen LogP contribution < -0.4 is 20.1 Å². The molecule has 0 spiro atoms. The highest BCUT2D eigenvalue weighted by atomic mass is 16.6. The Morgan fingerprint density at radius 3 is 2.64 bits per heavy atom. The quantitative estimate of drug-likeness (QED) is 0.642. The molecule has 2 heterocycles. The van der Waals surface area contributed by atoms with Gasteiger partial charge in [0.15, 0.2) is 11.5 Å². The second-order valence-electron chi connectivity index (χ2n) is 6.93. The fraction of sp³-hybridized carbons (Fsp3) is 0.350. The zero-order valence-corrected chi connectivity index (χ0v) is 15.3. The van der Waals surface area contributed by atoms with Gasteiger partial charge in [0.05, 0.1) is 24.2 Å². The topological polar surface area (TPSA) is 108 Å². The Hall–Kier alpha value is -3.29. The molecule has 2 aliphatic rings. The fourth-order valence-corrected chi connectivity index (χ4v) is 3.85. The molecule has 0 unspecified atom stereocenters. The number of rotatable bonds is 4. The zero-order valence-electron chi connectivity index (χ0n) is 15.3. The molecule has 1 saturated heterocycles. The van der Waals surface area contributed by atoms with E-state index < -0.39 is 10.8 Å². The van der Waals surface area contributed by atoms with E-state index in [1.165, 1.54) is 12.1 Å². The Bertz CT molecular complexity index is 930. The largest absolute Gasteiger partial charge is 0.490 e. The first-order valence-electron chi connectivity index (χ1n) is 9.29. The summed E-state index contributed by atoms with van der Waals surface area (Å²) >= 11 is 0. The molecule has 1 fully saturated rings. The second-order valence-corrected chi connectivity index (χ2v) is 6.93. The van der Waals surface area contributed by atoms with Gasteiger partial charge in [0.2, 0.25) is 5.91 Å². The highest BCUT2D eigenvalue weighted by Crippen LogP contribution is 2.42. The van der Waals surface area contributed by atoms with E-state index >= 15 is 0 Å². The van der Waals surface area contributed by atoms with Crippen LogP contribution in [0.1, 0.15) is 41.2 Å². The van der Waals surface area contributed by atoms with Crippen LogP contribution in [0.4, 0.5) is 11.4 Å². The van der Waals surface area contributed by atoms with Gasteiger partial charge in [-0.15, -0.1) is 0 Å². The number of ether oxygens (including phenoxy) is 2. The lowest BCUT2D eigenvalue weighted by Gasteiger charge is -2.27. The van der Waals surface area contributed by atoms with Crippen LogP contribution in [0.2, 0.25) is 0 Å². The molecule has 0 radical (unpaired) electrons. The summed E-state index contributed by atoms with van der Waals surface area (Å²) in [5.41, 5.74) is 6.81. The number of nitrogens with two attached hydrogens (primary N) is 1. The van der Waals surface area contributed by atoms with Crippen molar-refractivity contribution in [2.24, 2.45) is 5.73 Å². The maximum atomic E-state index is 11.6. The van der Waals surface area contributed by atoms with E-state index in [0.29, 0.717) is 31.2 Å². The third-order valence-corrected chi connectivity index (χ3v) is 5.18. The van der Waals surface area contributed by atoms with Crippen molar-refractivity contribution in [1.82, 2.24) is 0 Å². The minimum absolute atomic E-state index is 0.0183. The van der Waals surface area contributed by atoms with Gasteiger partial charge in [0.1, 0.15) is 5.69 Å². The monoisotopic (exact) mass is 383 g/mol. The van der Waals surface area contributed by atoms with Crippen molar-refractivity contribution in [2.45, 2.75) is 25.3 Å². The van der Waals surface area contributed by atoms with Crippen molar-refractivity contribution in [3.8, 4) is 11.5 Å². The van der Waals surface area contributed by atoms with Crippen LogP contribution >= 0.6 is 0 Å². The van der Waals surface area contributed by atoms with Crippen molar-refractivity contribution < 1.29 is 19.2 Å². The zero-order chi connectivity index (χ0) is 19.7. The van der Waals surface area contributed by atoms with Crippen LogP contribution in [0.3, 0.4) is 0 Å². The third-order valence-electron chi connectivity index (χ3n) is 5.18. The molecular formula is C20H21N3O5. The number of hydrogen-bond donors (Lipinski definition) is 1. The van der Waals surface area contributed by atoms with Gasteiger partial charge in [-0.1, -0.05) is 6.07 Å². The maximum absolute atomic E-state index is 11.6. The van der Waals surface area contributed by atoms with Gasteiger partial charge in [-0.3, -0.25) is 14.9 Å². The van der Waals surface area contributed by atoms with E-state index in [4.69, 9.17) is 15.2 Å². The number of nitro benzene ring substituents is 1. The molecule has 8 nitrogen and oxygen atoms in total. The molecule has 1 atom stereocenters. The first kappa shape index (κ1) is 18.1. The van der Waals surface area contributed by atoms with Crippen LogP contribution in [0.15, 0.2) is 36.4 Å². The first-order chi connectivity index (χ1) is 13.5. The van der Waals surface area contributed by atoms with E-state index in [9.17, 15) is 14.9 Å². The highest BCUT2D eigenvalue weighted by molar-refractivity contribution is 5.94. The molecule has 2 N–H and O–H groups in total. The average Bonchev–Trinajstić information content (AvgIpc) is 3.05. The predicted molar refractivity (Wildman–Crippen MR) is 103 cm³/mol.